The van der Waals surface area contributed by atoms with Gasteiger partial charge in [-0.15, -0.1) is 0 Å². The summed E-state index contributed by atoms with van der Waals surface area (Å²) < 4.78 is 38.3. The van der Waals surface area contributed by atoms with Crippen LogP contribution in [0.25, 0.3) is 0 Å². The summed E-state index contributed by atoms with van der Waals surface area (Å²) >= 11 is 0. The van der Waals surface area contributed by atoms with Crippen molar-refractivity contribution < 1.29 is 18.0 Å². The van der Waals surface area contributed by atoms with E-state index in [1.54, 1.807) is 12.4 Å². The fraction of sp³-hybridized carbons (Fsp3) is 0.320. The van der Waals surface area contributed by atoms with Crippen LogP contribution in [0.15, 0.2) is 67.0 Å². The molecule has 4 rings (SSSR count). The number of hydrogen-bond donors (Lipinski definition) is 0. The Morgan fingerprint density at radius 3 is 2.47 bits per heavy atom. The molecule has 0 radical (unpaired) electrons. The number of nitrogens with zero attached hydrogens (tertiary/aromatic N) is 3. The summed E-state index contributed by atoms with van der Waals surface area (Å²) in [6.45, 7) is 1.37. The summed E-state index contributed by atoms with van der Waals surface area (Å²) in [6.07, 6.45) is 1.73. The molecule has 3 heterocycles. The number of aromatic nitrogens is 2. The lowest BCUT2D eigenvalue weighted by atomic mass is 9.93. The summed E-state index contributed by atoms with van der Waals surface area (Å²) in [6, 6.07) is 14.7. The maximum atomic E-state index is 12.8. The molecular formula is C25H24F3N3O. The third-order valence-electron chi connectivity index (χ3n) is 5.79. The number of rotatable bonds is 5. The number of pyridine rings is 2. The number of alkyl halides is 3. The smallest absolute Gasteiger partial charge is 0.342 e. The standard InChI is InChI=1S/C25H24F3N3O/c26-25(27,28)21-8-6-18(7-9-21)15-22-4-1-5-23(30-22)20-3-2-14-31(17-20)24(32)16-19-10-12-29-13-11-19/h1,4-13,20H,2-3,14-17H2/t20-/m0/s1. The zero-order valence-electron chi connectivity index (χ0n) is 17.6. The van der Waals surface area contributed by atoms with Crippen molar-refractivity contribution in [3.63, 3.8) is 0 Å². The van der Waals surface area contributed by atoms with Gasteiger partial charge in [0.15, 0.2) is 0 Å². The Hall–Kier alpha value is -3.22. The lowest BCUT2D eigenvalue weighted by molar-refractivity contribution is -0.137. The molecule has 7 heteroatoms. The molecular weight excluding hydrogens is 415 g/mol. The second-order valence-electron chi connectivity index (χ2n) is 8.14. The van der Waals surface area contributed by atoms with Crippen LogP contribution in [0.4, 0.5) is 13.2 Å². The van der Waals surface area contributed by atoms with Crippen molar-refractivity contribution >= 4 is 5.91 Å². The Balaban J connectivity index is 1.41. The Morgan fingerprint density at radius 2 is 1.75 bits per heavy atom. The molecule has 1 aromatic carbocycles. The summed E-state index contributed by atoms with van der Waals surface area (Å²) in [5, 5.41) is 0. The molecule has 3 aromatic rings. The van der Waals surface area contributed by atoms with Crippen molar-refractivity contribution in [1.29, 1.82) is 0 Å². The van der Waals surface area contributed by atoms with Gasteiger partial charge in [-0.25, -0.2) is 0 Å². The number of carbonyl (C=O) groups excluding carboxylic acids is 1. The van der Waals surface area contributed by atoms with E-state index in [2.05, 4.69) is 4.98 Å². The maximum Gasteiger partial charge on any atom is 0.416 e. The first-order valence-corrected chi connectivity index (χ1v) is 10.7. The lowest BCUT2D eigenvalue weighted by Gasteiger charge is -2.32. The molecule has 1 aliphatic rings. The van der Waals surface area contributed by atoms with Crippen molar-refractivity contribution in [3.8, 4) is 0 Å². The number of hydrogen-bond acceptors (Lipinski definition) is 3. The van der Waals surface area contributed by atoms with Gasteiger partial charge >= 0.3 is 6.18 Å². The van der Waals surface area contributed by atoms with Gasteiger partial charge in [-0.3, -0.25) is 14.8 Å². The van der Waals surface area contributed by atoms with E-state index in [9.17, 15) is 18.0 Å². The zero-order chi connectivity index (χ0) is 22.6. The van der Waals surface area contributed by atoms with Gasteiger partial charge in [-0.05, 0) is 60.4 Å². The summed E-state index contributed by atoms with van der Waals surface area (Å²) in [7, 11) is 0. The highest BCUT2D eigenvalue weighted by Gasteiger charge is 2.30. The molecule has 1 saturated heterocycles. The first-order chi connectivity index (χ1) is 15.4. The molecule has 0 aliphatic carbocycles. The van der Waals surface area contributed by atoms with E-state index in [0.29, 0.717) is 19.4 Å². The minimum absolute atomic E-state index is 0.0989. The van der Waals surface area contributed by atoms with Crippen molar-refractivity contribution in [2.75, 3.05) is 13.1 Å². The number of halogens is 3. The van der Waals surface area contributed by atoms with Gasteiger partial charge in [0.2, 0.25) is 5.91 Å². The van der Waals surface area contributed by atoms with Crippen LogP contribution in [-0.2, 0) is 23.8 Å². The molecule has 32 heavy (non-hydrogen) atoms. The van der Waals surface area contributed by atoms with Crippen LogP contribution >= 0.6 is 0 Å². The van der Waals surface area contributed by atoms with Gasteiger partial charge in [0.25, 0.3) is 0 Å². The number of amides is 1. The lowest BCUT2D eigenvalue weighted by Crippen LogP contribution is -2.40. The van der Waals surface area contributed by atoms with Gasteiger partial charge in [0.05, 0.1) is 12.0 Å². The summed E-state index contributed by atoms with van der Waals surface area (Å²) in [5.74, 6) is 0.250. The fourth-order valence-corrected chi connectivity index (χ4v) is 4.08. The molecule has 1 aliphatic heterocycles. The van der Waals surface area contributed by atoms with Gasteiger partial charge in [0, 0.05) is 49.2 Å². The Labute approximate surface area is 185 Å². The third kappa shape index (κ3) is 5.52. The van der Waals surface area contributed by atoms with E-state index >= 15 is 0 Å². The number of piperidine rings is 1. The van der Waals surface area contributed by atoms with E-state index in [1.807, 2.05) is 35.2 Å². The van der Waals surface area contributed by atoms with E-state index in [-0.39, 0.29) is 11.8 Å². The molecule has 1 fully saturated rings. The normalized spacial score (nSPS) is 16.7. The highest BCUT2D eigenvalue weighted by Crippen LogP contribution is 2.30. The van der Waals surface area contributed by atoms with Crippen LogP contribution in [0.2, 0.25) is 0 Å². The minimum atomic E-state index is -4.33. The van der Waals surface area contributed by atoms with Crippen molar-refractivity contribution in [1.82, 2.24) is 14.9 Å². The average molecular weight is 439 g/mol. The predicted molar refractivity (Wildman–Crippen MR) is 115 cm³/mol. The third-order valence-corrected chi connectivity index (χ3v) is 5.79. The molecule has 0 N–H and O–H groups in total. The molecule has 166 valence electrons. The van der Waals surface area contributed by atoms with E-state index in [0.717, 1.165) is 54.0 Å². The largest absolute Gasteiger partial charge is 0.416 e. The van der Waals surface area contributed by atoms with E-state index in [1.165, 1.54) is 12.1 Å². The van der Waals surface area contributed by atoms with E-state index in [4.69, 9.17) is 4.98 Å². The van der Waals surface area contributed by atoms with Crippen LogP contribution in [-0.4, -0.2) is 33.9 Å². The topological polar surface area (TPSA) is 46.1 Å². The molecule has 2 aromatic heterocycles. The SMILES string of the molecule is O=C(Cc1ccncc1)N1CCC[C@H](c2cccc(Cc3ccc(C(F)(F)F)cc3)n2)C1. The van der Waals surface area contributed by atoms with E-state index < -0.39 is 11.7 Å². The molecule has 0 bridgehead atoms. The Kier molecular flexibility index (Phi) is 6.53. The van der Waals surface area contributed by atoms with Crippen molar-refractivity contribution in [2.24, 2.45) is 0 Å². The molecule has 1 amide bonds. The van der Waals surface area contributed by atoms with Gasteiger partial charge in [-0.1, -0.05) is 18.2 Å². The molecule has 4 nitrogen and oxygen atoms in total. The number of carbonyl (C=O) groups is 1. The van der Waals surface area contributed by atoms with Crippen LogP contribution in [0, 0.1) is 0 Å². The molecule has 0 unspecified atom stereocenters. The number of benzene rings is 1. The molecule has 1 atom stereocenters. The number of likely N-dealkylation sites (tertiary alicyclic amines) is 1. The molecule has 0 spiro atoms. The first-order valence-electron chi connectivity index (χ1n) is 10.7. The van der Waals surface area contributed by atoms with Crippen molar-refractivity contribution in [3.05, 3.63) is 95.1 Å². The Bertz CT molecular complexity index is 1050. The molecule has 0 saturated carbocycles. The Morgan fingerprint density at radius 1 is 1.00 bits per heavy atom. The van der Waals surface area contributed by atoms with Crippen LogP contribution < -0.4 is 0 Å². The summed E-state index contributed by atoms with van der Waals surface area (Å²) in [4.78, 5) is 23.4. The van der Waals surface area contributed by atoms with Crippen molar-refractivity contribution in [2.45, 2.75) is 37.8 Å². The monoisotopic (exact) mass is 439 g/mol. The van der Waals surface area contributed by atoms with Gasteiger partial charge in [0.1, 0.15) is 0 Å². The zero-order valence-corrected chi connectivity index (χ0v) is 17.6. The van der Waals surface area contributed by atoms with Crippen LogP contribution in [0.3, 0.4) is 0 Å². The quantitative estimate of drug-likeness (QED) is 0.560. The highest BCUT2D eigenvalue weighted by molar-refractivity contribution is 5.78. The minimum Gasteiger partial charge on any atom is -0.342 e. The highest BCUT2D eigenvalue weighted by atomic mass is 19.4. The average Bonchev–Trinajstić information content (AvgIpc) is 2.80. The second-order valence-corrected chi connectivity index (χ2v) is 8.14. The fourth-order valence-electron chi connectivity index (χ4n) is 4.08. The summed E-state index contributed by atoms with van der Waals surface area (Å²) in [5.41, 5.74) is 2.81. The second kappa shape index (κ2) is 9.51. The van der Waals surface area contributed by atoms with Gasteiger partial charge < -0.3 is 4.90 Å². The van der Waals surface area contributed by atoms with Gasteiger partial charge in [-0.2, -0.15) is 13.2 Å². The van der Waals surface area contributed by atoms with Crippen LogP contribution in [0.1, 0.15) is 46.8 Å². The maximum absolute atomic E-state index is 12.8. The first kappa shape index (κ1) is 22.0. The predicted octanol–water partition coefficient (Wildman–Crippen LogP) is 5.03. The van der Waals surface area contributed by atoms with Crippen LogP contribution in [0.5, 0.6) is 0 Å².